The monoisotopic (exact) mass is 324 g/mol. The van der Waals surface area contributed by atoms with Gasteiger partial charge in [-0.3, -0.25) is 9.78 Å². The maximum Gasteiger partial charge on any atom is 0.225 e. The highest BCUT2D eigenvalue weighted by Crippen LogP contribution is 2.32. The summed E-state index contributed by atoms with van der Waals surface area (Å²) in [5.74, 6) is 1.05. The fourth-order valence-corrected chi connectivity index (χ4v) is 3.11. The lowest BCUT2D eigenvalue weighted by Crippen LogP contribution is -2.34. The summed E-state index contributed by atoms with van der Waals surface area (Å²) in [4.78, 5) is 23.3. The van der Waals surface area contributed by atoms with Crippen LogP contribution in [0, 0.1) is 12.8 Å². The molecule has 126 valence electrons. The first-order valence-corrected chi connectivity index (χ1v) is 8.51. The number of likely N-dealkylation sites (tertiary alicyclic amines) is 1. The Labute approximate surface area is 143 Å². The van der Waals surface area contributed by atoms with E-state index in [9.17, 15) is 4.79 Å². The van der Waals surface area contributed by atoms with Gasteiger partial charge >= 0.3 is 0 Å². The number of amides is 1. The molecule has 5 nitrogen and oxygen atoms in total. The Balaban J connectivity index is 1.73. The van der Waals surface area contributed by atoms with Crippen molar-refractivity contribution in [3.63, 3.8) is 0 Å². The summed E-state index contributed by atoms with van der Waals surface area (Å²) >= 11 is 0. The predicted octanol–water partition coefficient (Wildman–Crippen LogP) is 3.85. The minimum Gasteiger partial charge on any atom is -0.339 e. The van der Waals surface area contributed by atoms with Gasteiger partial charge in [0.15, 0.2) is 0 Å². The smallest absolute Gasteiger partial charge is 0.225 e. The Bertz CT molecular complexity index is 712. The Kier molecular flexibility index (Phi) is 4.79. The number of nitrogens with zero attached hydrogens (tertiary/aromatic N) is 3. The standard InChI is InChI=1S/C19H24N4O/c1-13(2)19(24)23-11-5-7-17(23)16-10-9-15(12-20-16)22-18-8-4-6-14(3)21-18/h4,6,8-10,12-13,17H,5,7,11H2,1-3H3,(H,21,22)/t17-/m0/s1. The van der Waals surface area contributed by atoms with Crippen molar-refractivity contribution in [2.75, 3.05) is 11.9 Å². The lowest BCUT2D eigenvalue weighted by molar-refractivity contribution is -0.135. The zero-order valence-electron chi connectivity index (χ0n) is 14.5. The van der Waals surface area contributed by atoms with Crippen LogP contribution >= 0.6 is 0 Å². The van der Waals surface area contributed by atoms with Crippen molar-refractivity contribution in [2.45, 2.75) is 39.7 Å². The fourth-order valence-electron chi connectivity index (χ4n) is 3.11. The molecule has 0 aliphatic carbocycles. The van der Waals surface area contributed by atoms with Crippen LogP contribution in [0.2, 0.25) is 0 Å². The minimum absolute atomic E-state index is 0.0268. The van der Waals surface area contributed by atoms with Crippen molar-refractivity contribution >= 4 is 17.4 Å². The van der Waals surface area contributed by atoms with Gasteiger partial charge in [-0.1, -0.05) is 19.9 Å². The molecule has 24 heavy (non-hydrogen) atoms. The molecule has 0 unspecified atom stereocenters. The maximum atomic E-state index is 12.3. The largest absolute Gasteiger partial charge is 0.339 e. The van der Waals surface area contributed by atoms with Crippen LogP contribution < -0.4 is 5.32 Å². The first kappa shape index (κ1) is 16.4. The molecule has 0 bridgehead atoms. The lowest BCUT2D eigenvalue weighted by atomic mass is 10.1. The number of rotatable bonds is 4. The second-order valence-corrected chi connectivity index (χ2v) is 6.61. The average molecular weight is 324 g/mol. The molecule has 1 fully saturated rings. The van der Waals surface area contributed by atoms with E-state index in [1.54, 1.807) is 0 Å². The normalized spacial score (nSPS) is 17.3. The SMILES string of the molecule is Cc1cccc(Nc2ccc([C@@H]3CCCN3C(=O)C(C)C)nc2)n1. The van der Waals surface area contributed by atoms with E-state index >= 15 is 0 Å². The van der Waals surface area contributed by atoms with Gasteiger partial charge in [0.2, 0.25) is 5.91 Å². The van der Waals surface area contributed by atoms with Gasteiger partial charge in [0.25, 0.3) is 0 Å². The van der Waals surface area contributed by atoms with Gasteiger partial charge in [0.05, 0.1) is 23.6 Å². The van der Waals surface area contributed by atoms with Crippen LogP contribution in [0.15, 0.2) is 36.5 Å². The predicted molar refractivity (Wildman–Crippen MR) is 95.0 cm³/mol. The topological polar surface area (TPSA) is 58.1 Å². The van der Waals surface area contributed by atoms with Crippen LogP contribution in [0.25, 0.3) is 0 Å². The Morgan fingerprint density at radius 1 is 1.29 bits per heavy atom. The van der Waals surface area contributed by atoms with E-state index in [0.717, 1.165) is 42.3 Å². The summed E-state index contributed by atoms with van der Waals surface area (Å²) < 4.78 is 0. The van der Waals surface area contributed by atoms with E-state index in [0.29, 0.717) is 0 Å². The van der Waals surface area contributed by atoms with Gasteiger partial charge in [0.1, 0.15) is 5.82 Å². The van der Waals surface area contributed by atoms with E-state index in [2.05, 4.69) is 15.3 Å². The Hall–Kier alpha value is -2.43. The number of hydrogen-bond acceptors (Lipinski definition) is 4. The Morgan fingerprint density at radius 3 is 2.79 bits per heavy atom. The van der Waals surface area contributed by atoms with Crippen molar-refractivity contribution in [3.8, 4) is 0 Å². The fraction of sp³-hybridized carbons (Fsp3) is 0.421. The summed E-state index contributed by atoms with van der Waals surface area (Å²) in [6.45, 7) is 6.70. The first-order chi connectivity index (χ1) is 11.5. The number of hydrogen-bond donors (Lipinski definition) is 1. The molecule has 3 rings (SSSR count). The molecule has 0 spiro atoms. The summed E-state index contributed by atoms with van der Waals surface area (Å²) in [6.07, 6.45) is 3.84. The van der Waals surface area contributed by atoms with E-state index < -0.39 is 0 Å². The van der Waals surface area contributed by atoms with E-state index in [4.69, 9.17) is 0 Å². The molecular formula is C19H24N4O. The van der Waals surface area contributed by atoms with Crippen molar-refractivity contribution < 1.29 is 4.79 Å². The van der Waals surface area contributed by atoms with Gasteiger partial charge in [-0.2, -0.15) is 0 Å². The molecule has 0 radical (unpaired) electrons. The van der Waals surface area contributed by atoms with Crippen LogP contribution in [0.3, 0.4) is 0 Å². The molecule has 1 saturated heterocycles. The molecule has 1 atom stereocenters. The van der Waals surface area contributed by atoms with Crippen LogP contribution in [0.4, 0.5) is 11.5 Å². The van der Waals surface area contributed by atoms with Gasteiger partial charge in [-0.05, 0) is 44.0 Å². The number of carbonyl (C=O) groups is 1. The molecular weight excluding hydrogens is 300 g/mol. The molecule has 2 aromatic heterocycles. The third-order valence-electron chi connectivity index (χ3n) is 4.32. The molecule has 1 amide bonds. The highest BCUT2D eigenvalue weighted by atomic mass is 16.2. The van der Waals surface area contributed by atoms with Crippen LogP contribution in [-0.2, 0) is 4.79 Å². The highest BCUT2D eigenvalue weighted by molar-refractivity contribution is 5.78. The van der Waals surface area contributed by atoms with Crippen molar-refractivity contribution in [2.24, 2.45) is 5.92 Å². The zero-order chi connectivity index (χ0) is 17.1. The van der Waals surface area contributed by atoms with Crippen LogP contribution in [0.5, 0.6) is 0 Å². The lowest BCUT2D eigenvalue weighted by Gasteiger charge is -2.26. The summed E-state index contributed by atoms with van der Waals surface area (Å²) in [5, 5.41) is 3.26. The first-order valence-electron chi connectivity index (χ1n) is 8.51. The third kappa shape index (κ3) is 3.55. The van der Waals surface area contributed by atoms with Crippen molar-refractivity contribution in [1.82, 2.24) is 14.9 Å². The number of anilines is 2. The number of pyridine rings is 2. The zero-order valence-corrected chi connectivity index (χ0v) is 14.5. The average Bonchev–Trinajstić information content (AvgIpc) is 3.04. The quantitative estimate of drug-likeness (QED) is 0.928. The molecule has 0 saturated carbocycles. The van der Waals surface area contributed by atoms with E-state index in [-0.39, 0.29) is 17.9 Å². The Morgan fingerprint density at radius 2 is 2.12 bits per heavy atom. The molecule has 2 aromatic rings. The summed E-state index contributed by atoms with van der Waals surface area (Å²) in [5.41, 5.74) is 2.83. The third-order valence-corrected chi connectivity index (χ3v) is 4.32. The van der Waals surface area contributed by atoms with E-state index in [1.165, 1.54) is 0 Å². The number of carbonyl (C=O) groups excluding carboxylic acids is 1. The number of aromatic nitrogens is 2. The second-order valence-electron chi connectivity index (χ2n) is 6.61. The van der Waals surface area contributed by atoms with Gasteiger partial charge in [0, 0.05) is 18.2 Å². The molecule has 5 heteroatoms. The molecule has 1 aliphatic rings. The van der Waals surface area contributed by atoms with Crippen molar-refractivity contribution in [3.05, 3.63) is 47.9 Å². The maximum absolute atomic E-state index is 12.3. The number of aryl methyl sites for hydroxylation is 1. The van der Waals surface area contributed by atoms with E-state index in [1.807, 2.05) is 62.2 Å². The molecule has 1 N–H and O–H groups in total. The number of nitrogens with one attached hydrogen (secondary N) is 1. The van der Waals surface area contributed by atoms with Crippen molar-refractivity contribution in [1.29, 1.82) is 0 Å². The van der Waals surface area contributed by atoms with Crippen LogP contribution in [0.1, 0.15) is 44.1 Å². The molecule has 0 aromatic carbocycles. The van der Waals surface area contributed by atoms with Gasteiger partial charge in [-0.15, -0.1) is 0 Å². The second kappa shape index (κ2) is 6.99. The summed E-state index contributed by atoms with van der Waals surface area (Å²) in [7, 11) is 0. The van der Waals surface area contributed by atoms with Crippen LogP contribution in [-0.4, -0.2) is 27.3 Å². The molecule has 3 heterocycles. The highest BCUT2D eigenvalue weighted by Gasteiger charge is 2.31. The van der Waals surface area contributed by atoms with Gasteiger partial charge < -0.3 is 10.2 Å². The molecule has 1 aliphatic heterocycles. The van der Waals surface area contributed by atoms with Gasteiger partial charge in [-0.25, -0.2) is 4.98 Å². The minimum atomic E-state index is 0.0268. The summed E-state index contributed by atoms with van der Waals surface area (Å²) in [6, 6.07) is 9.98.